The number of benzene rings is 1. The molecule has 3 rings (SSSR count). The van der Waals surface area contributed by atoms with Gasteiger partial charge in [0.25, 0.3) is 5.91 Å². The van der Waals surface area contributed by atoms with E-state index >= 15 is 0 Å². The van der Waals surface area contributed by atoms with Crippen LogP contribution in [0.2, 0.25) is 17.8 Å². The molecule has 3 nitrogen and oxygen atoms in total. The second kappa shape index (κ2) is 6.28. The first-order chi connectivity index (χ1) is 11.0. The van der Waals surface area contributed by atoms with E-state index in [-0.39, 0.29) is 24.9 Å². The second-order valence-electron chi connectivity index (χ2n) is 7.35. The van der Waals surface area contributed by atoms with Crippen LogP contribution >= 0.6 is 0 Å². The van der Waals surface area contributed by atoms with Crippen LogP contribution in [0, 0.1) is 13.8 Å². The van der Waals surface area contributed by atoms with Gasteiger partial charge in [-0.2, -0.15) is 0 Å². The maximum absolute atomic E-state index is 12.6. The molecule has 2 N–H and O–H groups in total. The smallest absolute Gasteiger partial charge is 0.267 e. The molecule has 1 aromatic carbocycles. The number of aromatic nitrogens is 1. The number of carbonyl (C=O) groups is 1. The monoisotopic (exact) mass is 344 g/mol. The van der Waals surface area contributed by atoms with Crippen LogP contribution in [-0.2, 0) is 0 Å². The number of hydrogen-bond acceptors (Lipinski definition) is 1. The van der Waals surface area contributed by atoms with Gasteiger partial charge in [0.2, 0.25) is 0 Å². The quantitative estimate of drug-likeness (QED) is 0.823. The Labute approximate surface area is 143 Å². The number of fused-ring (bicyclic) bond motifs is 1. The lowest BCUT2D eigenvalue weighted by molar-refractivity contribution is 0.0933. The van der Waals surface area contributed by atoms with Gasteiger partial charge in [-0.15, -0.1) is 0 Å². The van der Waals surface area contributed by atoms with E-state index in [2.05, 4.69) is 49.4 Å². The Morgan fingerprint density at radius 1 is 1.26 bits per heavy atom. The Balaban J connectivity index is 1.76. The van der Waals surface area contributed by atoms with E-state index < -0.39 is 0 Å². The van der Waals surface area contributed by atoms with E-state index in [1.165, 1.54) is 30.4 Å². The van der Waals surface area contributed by atoms with Gasteiger partial charge >= 0.3 is 0 Å². The van der Waals surface area contributed by atoms with Crippen LogP contribution in [0.5, 0.6) is 0 Å². The third kappa shape index (κ3) is 3.17. The van der Waals surface area contributed by atoms with Gasteiger partial charge in [-0.3, -0.25) is 4.79 Å². The molecule has 1 atom stereocenters. The molecule has 1 amide bonds. The van der Waals surface area contributed by atoms with E-state index in [1.807, 2.05) is 6.07 Å². The highest BCUT2D eigenvalue weighted by atomic mass is 28.3. The summed E-state index contributed by atoms with van der Waals surface area (Å²) in [5, 5.41) is 4.44. The lowest BCUT2D eigenvalue weighted by Crippen LogP contribution is -2.34. The van der Waals surface area contributed by atoms with Gasteiger partial charge in [0.05, 0.1) is 0 Å². The SMILES string of the molecule is C[SiH2]C1([SiH2]C)CC[C@@H](NC(=O)c2cc3c(C)cc(C)cc3[nH]2)C1. The first-order valence-electron chi connectivity index (χ1n) is 8.87. The largest absolute Gasteiger partial charge is 0.351 e. The first-order valence-corrected chi connectivity index (χ1v) is 13.1. The van der Waals surface area contributed by atoms with E-state index in [9.17, 15) is 4.79 Å². The number of carbonyl (C=O) groups excluding carboxylic acids is 1. The van der Waals surface area contributed by atoms with Crippen molar-refractivity contribution in [1.29, 1.82) is 0 Å². The van der Waals surface area contributed by atoms with Crippen LogP contribution in [0.4, 0.5) is 0 Å². The number of aromatic amines is 1. The van der Waals surface area contributed by atoms with Crippen molar-refractivity contribution >= 4 is 35.8 Å². The average Bonchev–Trinajstić information content (AvgIpc) is 3.12. The Hall–Kier alpha value is -1.34. The van der Waals surface area contributed by atoms with E-state index in [4.69, 9.17) is 0 Å². The summed E-state index contributed by atoms with van der Waals surface area (Å²) in [6, 6.07) is 6.67. The average molecular weight is 345 g/mol. The van der Waals surface area contributed by atoms with Gasteiger partial charge in [0.15, 0.2) is 0 Å². The highest BCUT2D eigenvalue weighted by Crippen LogP contribution is 2.43. The molecule has 0 spiro atoms. The zero-order valence-corrected chi connectivity index (χ0v) is 17.6. The van der Waals surface area contributed by atoms with Gasteiger partial charge < -0.3 is 10.3 Å². The molecule has 5 heteroatoms. The van der Waals surface area contributed by atoms with Crippen LogP contribution in [-0.4, -0.2) is 36.0 Å². The molecule has 1 heterocycles. The molecule has 0 saturated heterocycles. The summed E-state index contributed by atoms with van der Waals surface area (Å²) in [6.07, 6.45) is 3.77. The standard InChI is InChI=1S/C18H28N2OSi2/c1-11-7-12(2)14-9-16(20-15(14)8-11)17(21)19-13-5-6-18(10-13,22-3)23-4/h7-9,13,20H,5-6,10,22-23H2,1-4H3,(H,19,21)/t13-/m1/s1. The van der Waals surface area contributed by atoms with E-state index in [1.54, 1.807) is 0 Å². The highest BCUT2D eigenvalue weighted by molar-refractivity contribution is 6.60. The Kier molecular flexibility index (Phi) is 4.51. The predicted molar refractivity (Wildman–Crippen MR) is 104 cm³/mol. The number of hydrogen-bond donors (Lipinski definition) is 2. The molecule has 0 bridgehead atoms. The van der Waals surface area contributed by atoms with Gasteiger partial charge in [-0.05, 0) is 54.6 Å². The van der Waals surface area contributed by atoms with E-state index in [0.717, 1.165) is 10.9 Å². The van der Waals surface area contributed by atoms with Crippen molar-refractivity contribution in [3.63, 3.8) is 0 Å². The Morgan fingerprint density at radius 2 is 2.00 bits per heavy atom. The van der Waals surface area contributed by atoms with Crippen molar-refractivity contribution in [2.45, 2.75) is 56.9 Å². The Bertz CT molecular complexity index is 734. The number of rotatable bonds is 4. The molecule has 2 aromatic rings. The Morgan fingerprint density at radius 3 is 2.65 bits per heavy atom. The third-order valence-electron chi connectivity index (χ3n) is 5.87. The van der Waals surface area contributed by atoms with Crippen molar-refractivity contribution in [1.82, 2.24) is 10.3 Å². The van der Waals surface area contributed by atoms with Crippen molar-refractivity contribution < 1.29 is 4.79 Å². The summed E-state index contributed by atoms with van der Waals surface area (Å²) in [5.74, 6) is 0.0644. The van der Waals surface area contributed by atoms with Crippen molar-refractivity contribution in [3.05, 3.63) is 35.0 Å². The third-order valence-corrected chi connectivity index (χ3v) is 13.2. The molecule has 124 valence electrons. The lowest BCUT2D eigenvalue weighted by Gasteiger charge is -2.25. The van der Waals surface area contributed by atoms with Crippen LogP contribution in [0.25, 0.3) is 10.9 Å². The predicted octanol–water partition coefficient (Wildman–Crippen LogP) is 2.62. The molecule has 23 heavy (non-hydrogen) atoms. The summed E-state index contributed by atoms with van der Waals surface area (Å²) in [7, 11) is 0.0559. The lowest BCUT2D eigenvalue weighted by atomic mass is 10.1. The van der Waals surface area contributed by atoms with Crippen molar-refractivity contribution in [2.75, 3.05) is 0 Å². The molecule has 1 aliphatic rings. The summed E-state index contributed by atoms with van der Waals surface area (Å²) in [5.41, 5.74) is 4.22. The molecule has 0 aliphatic heterocycles. The van der Waals surface area contributed by atoms with Gasteiger partial charge in [0, 0.05) is 36.0 Å². The summed E-state index contributed by atoms with van der Waals surface area (Å²) in [4.78, 5) is 15.9. The molecule has 1 fully saturated rings. The van der Waals surface area contributed by atoms with Crippen LogP contribution < -0.4 is 5.32 Å². The molecule has 0 unspecified atom stereocenters. The number of H-pyrrole nitrogens is 1. The molecule has 1 aliphatic carbocycles. The number of aryl methyl sites for hydroxylation is 2. The number of amides is 1. The molecule has 1 saturated carbocycles. The fourth-order valence-electron chi connectivity index (χ4n) is 4.21. The summed E-state index contributed by atoms with van der Waals surface area (Å²) in [6.45, 7) is 9.09. The molecule has 0 radical (unpaired) electrons. The molecule has 1 aromatic heterocycles. The zero-order valence-electron chi connectivity index (χ0n) is 14.8. The van der Waals surface area contributed by atoms with Crippen LogP contribution in [0.1, 0.15) is 40.9 Å². The fraction of sp³-hybridized carbons (Fsp3) is 0.500. The van der Waals surface area contributed by atoms with Crippen LogP contribution in [0.3, 0.4) is 0 Å². The van der Waals surface area contributed by atoms with Crippen molar-refractivity contribution in [3.8, 4) is 0 Å². The van der Waals surface area contributed by atoms with Gasteiger partial charge in [-0.1, -0.05) is 25.6 Å². The van der Waals surface area contributed by atoms with Crippen molar-refractivity contribution in [2.24, 2.45) is 0 Å². The first kappa shape index (κ1) is 16.5. The maximum atomic E-state index is 12.6. The van der Waals surface area contributed by atoms with Gasteiger partial charge in [-0.25, -0.2) is 0 Å². The zero-order chi connectivity index (χ0) is 16.6. The summed E-state index contributed by atoms with van der Waals surface area (Å²) >= 11 is 0. The minimum Gasteiger partial charge on any atom is -0.351 e. The fourth-order valence-corrected chi connectivity index (χ4v) is 8.60. The topological polar surface area (TPSA) is 44.9 Å². The van der Waals surface area contributed by atoms with E-state index in [0.29, 0.717) is 16.4 Å². The normalized spacial score (nSPS) is 25.3. The molecular formula is C18H28N2OSi2. The second-order valence-corrected chi connectivity index (χ2v) is 12.8. The molecular weight excluding hydrogens is 316 g/mol. The van der Waals surface area contributed by atoms with Gasteiger partial charge in [0.1, 0.15) is 5.69 Å². The minimum absolute atomic E-state index is 0.0279. The summed E-state index contributed by atoms with van der Waals surface area (Å²) < 4.78 is 0.714. The minimum atomic E-state index is 0.0279. The maximum Gasteiger partial charge on any atom is 0.267 e. The van der Waals surface area contributed by atoms with Crippen LogP contribution in [0.15, 0.2) is 18.2 Å². The highest BCUT2D eigenvalue weighted by Gasteiger charge is 2.37. The number of nitrogens with one attached hydrogen (secondary N) is 2.